The lowest BCUT2D eigenvalue weighted by Crippen LogP contribution is -2.39. The Kier molecular flexibility index (Phi) is 4.83. The Morgan fingerprint density at radius 3 is 2.40 bits per heavy atom. The van der Waals surface area contributed by atoms with E-state index >= 15 is 0 Å². The molecule has 0 radical (unpaired) electrons. The third-order valence-corrected chi connectivity index (χ3v) is 7.14. The predicted octanol–water partition coefficient (Wildman–Crippen LogP) is 4.93. The number of thiophene rings is 1. The van der Waals surface area contributed by atoms with Crippen molar-refractivity contribution in [3.63, 3.8) is 0 Å². The molecule has 5 rings (SSSR count). The number of halogens is 2. The molecule has 0 fully saturated rings. The standard InChI is InChI=1S/C23H18ClFN2O2S/c24-15-7-11-17(12-8-15)27-21(28)20-18-3-1-2-4-19(18)30-22(20)26(23(27)29)13-14-5-9-16(25)10-6-14/h5-12H,1-4,13H2. The van der Waals surface area contributed by atoms with Crippen LogP contribution in [0.15, 0.2) is 58.1 Å². The Bertz CT molecular complexity index is 1370. The first kappa shape index (κ1) is 19.3. The number of benzene rings is 2. The molecule has 30 heavy (non-hydrogen) atoms. The van der Waals surface area contributed by atoms with E-state index < -0.39 is 5.69 Å². The van der Waals surface area contributed by atoms with Crippen molar-refractivity contribution < 1.29 is 4.39 Å². The van der Waals surface area contributed by atoms with Crippen LogP contribution in [-0.2, 0) is 19.4 Å². The number of aryl methyl sites for hydroxylation is 2. The predicted molar refractivity (Wildman–Crippen MR) is 119 cm³/mol. The fourth-order valence-electron chi connectivity index (χ4n) is 4.10. The van der Waals surface area contributed by atoms with Gasteiger partial charge in [0.1, 0.15) is 10.6 Å². The second-order valence-corrected chi connectivity index (χ2v) is 9.02. The van der Waals surface area contributed by atoms with Crippen LogP contribution < -0.4 is 11.2 Å². The lowest BCUT2D eigenvalue weighted by Gasteiger charge is -2.13. The van der Waals surface area contributed by atoms with Gasteiger partial charge in [-0.05, 0) is 73.2 Å². The van der Waals surface area contributed by atoms with Gasteiger partial charge in [0.05, 0.1) is 17.6 Å². The Morgan fingerprint density at radius 2 is 1.67 bits per heavy atom. The van der Waals surface area contributed by atoms with Gasteiger partial charge in [-0.2, -0.15) is 0 Å². The molecule has 7 heteroatoms. The molecule has 2 aromatic carbocycles. The highest BCUT2D eigenvalue weighted by Crippen LogP contribution is 2.34. The van der Waals surface area contributed by atoms with Crippen molar-refractivity contribution in [3.8, 4) is 5.69 Å². The highest BCUT2D eigenvalue weighted by molar-refractivity contribution is 7.18. The molecule has 2 aromatic heterocycles. The van der Waals surface area contributed by atoms with Crippen LogP contribution in [0.2, 0.25) is 5.02 Å². The summed E-state index contributed by atoms with van der Waals surface area (Å²) in [6, 6.07) is 12.8. The molecule has 0 saturated carbocycles. The van der Waals surface area contributed by atoms with Gasteiger partial charge in [0.15, 0.2) is 0 Å². The van der Waals surface area contributed by atoms with Crippen LogP contribution in [0, 0.1) is 5.82 Å². The van der Waals surface area contributed by atoms with Crippen LogP contribution in [0.25, 0.3) is 15.9 Å². The van der Waals surface area contributed by atoms with E-state index in [0.717, 1.165) is 36.8 Å². The Labute approximate surface area is 180 Å². The summed E-state index contributed by atoms with van der Waals surface area (Å²) < 4.78 is 16.2. The van der Waals surface area contributed by atoms with Gasteiger partial charge in [-0.25, -0.2) is 13.8 Å². The monoisotopic (exact) mass is 440 g/mol. The van der Waals surface area contributed by atoms with E-state index in [4.69, 9.17) is 11.6 Å². The van der Waals surface area contributed by atoms with Crippen LogP contribution in [0.4, 0.5) is 4.39 Å². The zero-order valence-electron chi connectivity index (χ0n) is 16.0. The molecule has 0 atom stereocenters. The average molecular weight is 441 g/mol. The molecule has 4 aromatic rings. The van der Waals surface area contributed by atoms with Gasteiger partial charge in [-0.3, -0.25) is 9.36 Å². The summed E-state index contributed by atoms with van der Waals surface area (Å²) in [5.74, 6) is -0.325. The normalized spacial score (nSPS) is 13.5. The van der Waals surface area contributed by atoms with Crippen molar-refractivity contribution >= 4 is 33.2 Å². The number of hydrogen-bond donors (Lipinski definition) is 0. The van der Waals surface area contributed by atoms with Gasteiger partial charge in [0.25, 0.3) is 5.56 Å². The summed E-state index contributed by atoms with van der Waals surface area (Å²) >= 11 is 7.54. The maximum Gasteiger partial charge on any atom is 0.337 e. The zero-order chi connectivity index (χ0) is 20.8. The van der Waals surface area contributed by atoms with Crippen LogP contribution in [0.3, 0.4) is 0 Å². The molecule has 0 aliphatic heterocycles. The van der Waals surface area contributed by atoms with Crippen molar-refractivity contribution in [2.45, 2.75) is 32.2 Å². The fraction of sp³-hybridized carbons (Fsp3) is 0.217. The molecular formula is C23H18ClFN2O2S. The summed E-state index contributed by atoms with van der Waals surface area (Å²) in [5.41, 5.74) is 1.67. The Morgan fingerprint density at radius 1 is 0.967 bits per heavy atom. The summed E-state index contributed by atoms with van der Waals surface area (Å²) in [7, 11) is 0. The van der Waals surface area contributed by atoms with Crippen molar-refractivity contribution in [1.82, 2.24) is 9.13 Å². The van der Waals surface area contributed by atoms with Gasteiger partial charge >= 0.3 is 5.69 Å². The fourth-order valence-corrected chi connectivity index (χ4v) is 5.60. The van der Waals surface area contributed by atoms with Crippen molar-refractivity contribution in [2.75, 3.05) is 0 Å². The second kappa shape index (κ2) is 7.52. The molecule has 0 bridgehead atoms. The highest BCUT2D eigenvalue weighted by Gasteiger charge is 2.24. The van der Waals surface area contributed by atoms with Crippen molar-refractivity contribution in [1.29, 1.82) is 0 Å². The maximum atomic E-state index is 13.5. The topological polar surface area (TPSA) is 44.0 Å². The molecule has 0 unspecified atom stereocenters. The number of rotatable bonds is 3. The average Bonchev–Trinajstić information content (AvgIpc) is 3.13. The largest absolute Gasteiger partial charge is 0.337 e. The lowest BCUT2D eigenvalue weighted by atomic mass is 9.97. The molecule has 1 aliphatic carbocycles. The summed E-state index contributed by atoms with van der Waals surface area (Å²) in [4.78, 5) is 28.9. The van der Waals surface area contributed by atoms with E-state index in [9.17, 15) is 14.0 Å². The molecule has 4 nitrogen and oxygen atoms in total. The molecular weight excluding hydrogens is 423 g/mol. The van der Waals surface area contributed by atoms with E-state index in [2.05, 4.69) is 0 Å². The van der Waals surface area contributed by atoms with Gasteiger partial charge in [-0.1, -0.05) is 23.7 Å². The number of aromatic nitrogens is 2. The SMILES string of the molecule is O=c1c2c3c(sc2n(Cc2ccc(F)cc2)c(=O)n1-c1ccc(Cl)cc1)CCCC3. The van der Waals surface area contributed by atoms with E-state index in [1.54, 1.807) is 41.0 Å². The van der Waals surface area contributed by atoms with Gasteiger partial charge in [-0.15, -0.1) is 11.3 Å². The van der Waals surface area contributed by atoms with Gasteiger partial charge in [0.2, 0.25) is 0 Å². The zero-order valence-corrected chi connectivity index (χ0v) is 17.6. The molecule has 1 aliphatic rings. The first-order valence-electron chi connectivity index (χ1n) is 9.83. The molecule has 0 amide bonds. The molecule has 0 spiro atoms. The summed E-state index contributed by atoms with van der Waals surface area (Å²) in [6.45, 7) is 0.267. The van der Waals surface area contributed by atoms with Crippen LogP contribution in [0.1, 0.15) is 28.8 Å². The molecule has 0 N–H and O–H groups in total. The number of nitrogens with zero attached hydrogens (tertiary/aromatic N) is 2. The van der Waals surface area contributed by atoms with E-state index in [1.807, 2.05) is 0 Å². The Hall–Kier alpha value is -2.70. The van der Waals surface area contributed by atoms with Crippen LogP contribution >= 0.6 is 22.9 Å². The second-order valence-electron chi connectivity index (χ2n) is 7.50. The smallest absolute Gasteiger partial charge is 0.280 e. The van der Waals surface area contributed by atoms with Crippen molar-refractivity contribution in [2.24, 2.45) is 0 Å². The number of hydrogen-bond acceptors (Lipinski definition) is 3. The Balaban J connectivity index is 1.81. The van der Waals surface area contributed by atoms with Gasteiger partial charge < -0.3 is 0 Å². The summed E-state index contributed by atoms with van der Waals surface area (Å²) in [6.07, 6.45) is 3.91. The minimum atomic E-state index is -0.405. The van der Waals surface area contributed by atoms with Gasteiger partial charge in [0, 0.05) is 9.90 Å². The van der Waals surface area contributed by atoms with E-state index in [-0.39, 0.29) is 17.9 Å². The minimum Gasteiger partial charge on any atom is -0.280 e. The van der Waals surface area contributed by atoms with Crippen LogP contribution in [-0.4, -0.2) is 9.13 Å². The summed E-state index contributed by atoms with van der Waals surface area (Å²) in [5, 5.41) is 1.17. The van der Waals surface area contributed by atoms with E-state index in [0.29, 0.717) is 20.9 Å². The third kappa shape index (κ3) is 3.20. The van der Waals surface area contributed by atoms with Crippen molar-refractivity contribution in [3.05, 3.63) is 96.2 Å². The number of fused-ring (bicyclic) bond motifs is 3. The first-order chi connectivity index (χ1) is 14.5. The quantitative estimate of drug-likeness (QED) is 0.453. The third-order valence-electron chi connectivity index (χ3n) is 5.58. The van der Waals surface area contributed by atoms with Crippen LogP contribution in [0.5, 0.6) is 0 Å². The molecule has 0 saturated heterocycles. The van der Waals surface area contributed by atoms with E-state index in [1.165, 1.54) is 32.9 Å². The lowest BCUT2D eigenvalue weighted by molar-refractivity contribution is 0.626. The highest BCUT2D eigenvalue weighted by atomic mass is 35.5. The molecule has 152 valence electrons. The molecule has 2 heterocycles. The maximum absolute atomic E-state index is 13.5. The first-order valence-corrected chi connectivity index (χ1v) is 11.0. The minimum absolute atomic E-state index is 0.267.